The van der Waals surface area contributed by atoms with Gasteiger partial charge in [-0.15, -0.1) is 0 Å². The molecule has 2 heterocycles. The number of nitrogens with zero attached hydrogens (tertiary/aromatic N) is 3. The van der Waals surface area contributed by atoms with E-state index in [1.54, 1.807) is 24.1 Å². The Morgan fingerprint density at radius 3 is 2.43 bits per heavy atom. The molecule has 6 heteroatoms. The average molecular weight is 464 g/mol. The number of rotatable bonds is 5. The number of phenolic OH excluding ortho intramolecular Hbond substituents is 1. The summed E-state index contributed by atoms with van der Waals surface area (Å²) in [7, 11) is 1.68. The fourth-order valence-corrected chi connectivity index (χ4v) is 5.05. The molecule has 6 rings (SSSR count). The number of methoxy groups -OCH3 is 1. The van der Waals surface area contributed by atoms with E-state index in [1.807, 2.05) is 48.6 Å². The number of anilines is 1. The lowest BCUT2D eigenvalue weighted by atomic mass is 9.98. The van der Waals surface area contributed by atoms with Crippen molar-refractivity contribution in [2.75, 3.05) is 12.0 Å². The summed E-state index contributed by atoms with van der Waals surface area (Å²) in [5.41, 5.74) is 4.03. The molecule has 35 heavy (non-hydrogen) atoms. The molecule has 1 aliphatic carbocycles. The average Bonchev–Trinajstić information content (AvgIpc) is 3.22. The molecule has 2 unspecified atom stereocenters. The van der Waals surface area contributed by atoms with Crippen molar-refractivity contribution in [3.8, 4) is 5.75 Å². The van der Waals surface area contributed by atoms with Gasteiger partial charge in [-0.05, 0) is 47.0 Å². The molecule has 3 aliphatic rings. The number of amidine groups is 1. The molecule has 174 valence electrons. The van der Waals surface area contributed by atoms with E-state index in [-0.39, 0.29) is 17.7 Å². The van der Waals surface area contributed by atoms with Crippen LogP contribution >= 0.6 is 0 Å². The Hall–Kier alpha value is -4.19. The fourth-order valence-electron chi connectivity index (χ4n) is 5.05. The number of aliphatic imine (C=N–C) groups is 1. The molecule has 0 saturated carbocycles. The van der Waals surface area contributed by atoms with E-state index in [0.717, 1.165) is 38.7 Å². The van der Waals surface area contributed by atoms with Gasteiger partial charge < -0.3 is 9.84 Å². The summed E-state index contributed by atoms with van der Waals surface area (Å²) in [4.78, 5) is 25.6. The summed E-state index contributed by atoms with van der Waals surface area (Å²) in [6.45, 7) is 0. The van der Waals surface area contributed by atoms with Crippen LogP contribution in [-0.2, 0) is 28.8 Å². The zero-order chi connectivity index (χ0) is 23.9. The predicted molar refractivity (Wildman–Crippen MR) is 135 cm³/mol. The third kappa shape index (κ3) is 3.81. The first-order valence-corrected chi connectivity index (χ1v) is 11.8. The topological polar surface area (TPSA) is 74.5 Å². The van der Waals surface area contributed by atoms with Gasteiger partial charge in [-0.3, -0.25) is 19.7 Å². The number of hydrogen-bond donors (Lipinski definition) is 1. The monoisotopic (exact) mass is 463 g/mol. The number of allylic oxidation sites excluding steroid dienone is 2. The van der Waals surface area contributed by atoms with E-state index >= 15 is 0 Å². The second-order valence-electron chi connectivity index (χ2n) is 9.07. The minimum atomic E-state index is -0.519. The Kier molecular flexibility index (Phi) is 5.21. The van der Waals surface area contributed by atoms with Crippen molar-refractivity contribution in [1.82, 2.24) is 0 Å². The molecule has 6 nitrogen and oxygen atoms in total. The molecular weight excluding hydrogens is 438 g/mol. The Morgan fingerprint density at radius 1 is 0.914 bits per heavy atom. The fraction of sp³-hybridized carbons (Fsp3) is 0.207. The number of fused-ring (bicyclic) bond motifs is 5. The standard InChI is InChI=1S/C29H25N3O3/c1-35-22-12-13-23-20(17-22)9-14-26-27(23)30-24(15-18-5-3-2-4-6-18)28-31-25(29(34)32(26)28)16-19-7-10-21(33)11-8-19/h2-14,24-25,33H,15-17H2,1H3. The van der Waals surface area contributed by atoms with Gasteiger partial charge >= 0.3 is 0 Å². The van der Waals surface area contributed by atoms with Gasteiger partial charge in [0.2, 0.25) is 0 Å². The number of amides is 1. The predicted octanol–water partition coefficient (Wildman–Crippen LogP) is 2.86. The molecule has 0 saturated heterocycles. The van der Waals surface area contributed by atoms with Crippen LogP contribution in [0.25, 0.3) is 6.08 Å². The van der Waals surface area contributed by atoms with Crippen LogP contribution in [0, 0.1) is 0 Å². The van der Waals surface area contributed by atoms with Gasteiger partial charge in [0, 0.05) is 24.5 Å². The zero-order valence-corrected chi connectivity index (χ0v) is 19.4. The minimum absolute atomic E-state index is 0.0360. The number of ether oxygens (including phenoxy) is 1. The van der Waals surface area contributed by atoms with Crippen molar-refractivity contribution in [3.63, 3.8) is 0 Å². The van der Waals surface area contributed by atoms with Gasteiger partial charge in [0.15, 0.2) is 0 Å². The highest BCUT2D eigenvalue weighted by Gasteiger charge is 2.42. The molecule has 2 atom stereocenters. The Labute approximate surface area is 203 Å². The van der Waals surface area contributed by atoms with Gasteiger partial charge in [-0.1, -0.05) is 48.5 Å². The van der Waals surface area contributed by atoms with E-state index < -0.39 is 6.04 Å². The highest BCUT2D eigenvalue weighted by Crippen LogP contribution is 2.28. The maximum Gasteiger partial charge on any atom is 0.257 e. The van der Waals surface area contributed by atoms with Crippen molar-refractivity contribution in [1.29, 1.82) is 0 Å². The van der Waals surface area contributed by atoms with Crippen molar-refractivity contribution in [2.45, 2.75) is 31.3 Å². The zero-order valence-electron chi connectivity index (χ0n) is 19.4. The second-order valence-corrected chi connectivity index (χ2v) is 9.07. The molecule has 3 aromatic carbocycles. The second kappa shape index (κ2) is 8.55. The molecule has 3 aromatic rings. The third-order valence-corrected chi connectivity index (χ3v) is 6.83. The number of carbonyl (C=O) groups is 1. The van der Waals surface area contributed by atoms with Crippen LogP contribution in [0.15, 0.2) is 88.6 Å². The van der Waals surface area contributed by atoms with E-state index in [4.69, 9.17) is 14.7 Å². The lowest BCUT2D eigenvalue weighted by molar-refractivity contribution is -0.118. The summed E-state index contributed by atoms with van der Waals surface area (Å²) in [5.74, 6) is 1.78. The molecule has 0 radical (unpaired) electrons. The summed E-state index contributed by atoms with van der Waals surface area (Å²) < 4.78 is 5.46. The lowest BCUT2D eigenvalue weighted by Gasteiger charge is -2.29. The summed E-state index contributed by atoms with van der Waals surface area (Å²) in [6, 6.07) is 20.4. The molecule has 1 N–H and O–H groups in total. The Bertz CT molecular complexity index is 1490. The molecule has 1 amide bonds. The molecular formula is C29H25N3O3. The third-order valence-electron chi connectivity index (χ3n) is 6.83. The molecule has 2 aliphatic heterocycles. The quantitative estimate of drug-likeness (QED) is 0.632. The summed E-state index contributed by atoms with van der Waals surface area (Å²) in [6.07, 6.45) is 5.86. The van der Waals surface area contributed by atoms with E-state index in [9.17, 15) is 9.90 Å². The van der Waals surface area contributed by atoms with Crippen LogP contribution in [0.3, 0.4) is 0 Å². The van der Waals surface area contributed by atoms with E-state index in [0.29, 0.717) is 25.1 Å². The maximum absolute atomic E-state index is 13.7. The van der Waals surface area contributed by atoms with Gasteiger partial charge in [0.25, 0.3) is 5.91 Å². The van der Waals surface area contributed by atoms with Crippen molar-refractivity contribution >= 4 is 23.5 Å². The first-order chi connectivity index (χ1) is 17.1. The van der Waals surface area contributed by atoms with Crippen LogP contribution in [0.5, 0.6) is 5.75 Å². The number of phenols is 1. The summed E-state index contributed by atoms with van der Waals surface area (Å²) in [5, 5.41) is 11.5. The van der Waals surface area contributed by atoms with E-state index in [1.165, 1.54) is 0 Å². The Balaban J connectivity index is 1.46. The molecule has 0 spiro atoms. The van der Waals surface area contributed by atoms with Crippen molar-refractivity contribution in [3.05, 3.63) is 106 Å². The van der Waals surface area contributed by atoms with Crippen LogP contribution in [0.2, 0.25) is 0 Å². The molecule has 0 bridgehead atoms. The van der Waals surface area contributed by atoms with Gasteiger partial charge in [-0.25, -0.2) is 0 Å². The van der Waals surface area contributed by atoms with Crippen LogP contribution in [0.4, 0.5) is 5.69 Å². The number of benzene rings is 3. The largest absolute Gasteiger partial charge is 0.508 e. The van der Waals surface area contributed by atoms with Crippen LogP contribution in [-0.4, -0.2) is 36.0 Å². The Morgan fingerprint density at radius 2 is 1.66 bits per heavy atom. The highest BCUT2D eigenvalue weighted by molar-refractivity contribution is 6.25. The first-order valence-electron chi connectivity index (χ1n) is 11.8. The molecule has 0 fully saturated rings. The molecule has 0 aromatic heterocycles. The number of aromatic hydroxyl groups is 1. The van der Waals surface area contributed by atoms with Crippen LogP contribution < -0.4 is 15.5 Å². The number of carbonyl (C=O) groups excluding carboxylic acids is 1. The van der Waals surface area contributed by atoms with Crippen molar-refractivity contribution < 1.29 is 14.6 Å². The highest BCUT2D eigenvalue weighted by atomic mass is 16.5. The van der Waals surface area contributed by atoms with Gasteiger partial charge in [0.1, 0.15) is 23.7 Å². The van der Waals surface area contributed by atoms with Crippen LogP contribution in [0.1, 0.15) is 16.7 Å². The van der Waals surface area contributed by atoms with Gasteiger partial charge in [0.05, 0.1) is 23.9 Å². The summed E-state index contributed by atoms with van der Waals surface area (Å²) >= 11 is 0. The van der Waals surface area contributed by atoms with Gasteiger partial charge in [-0.2, -0.15) is 0 Å². The SMILES string of the molecule is COC1=CC=c2c(ccc3c2=NC(Cc2ccccc2)C2=NC(Cc4ccc(O)cc4)C(=O)N23)C1. The first kappa shape index (κ1) is 21.4. The maximum atomic E-state index is 13.7. The minimum Gasteiger partial charge on any atom is -0.508 e. The normalized spacial score (nSPS) is 20.0. The lowest BCUT2D eigenvalue weighted by Crippen LogP contribution is -2.51. The smallest absolute Gasteiger partial charge is 0.257 e. The van der Waals surface area contributed by atoms with E-state index in [2.05, 4.69) is 18.2 Å². The number of hydrogen-bond acceptors (Lipinski definition) is 5. The van der Waals surface area contributed by atoms with Crippen molar-refractivity contribution in [2.24, 2.45) is 9.98 Å².